The minimum atomic E-state index is 0.462. The van der Waals surface area contributed by atoms with Crippen molar-refractivity contribution in [3.05, 3.63) is 175 Å². The topological polar surface area (TPSA) is 79.1 Å². The number of nitriles is 1. The second kappa shape index (κ2) is 12.4. The molecule has 8 aromatic carbocycles. The lowest BCUT2D eigenvalue weighted by molar-refractivity contribution is 0.619. The maximum absolute atomic E-state index is 9.31. The predicted molar refractivity (Wildman–Crippen MR) is 212 cm³/mol. The highest BCUT2D eigenvalue weighted by atomic mass is 16.4. The maximum Gasteiger partial charge on any atom is 0.227 e. The number of fused-ring (bicyclic) bond motifs is 4. The summed E-state index contributed by atoms with van der Waals surface area (Å²) >= 11 is 0. The molecule has 0 radical (unpaired) electrons. The van der Waals surface area contributed by atoms with Crippen LogP contribution in [0, 0.1) is 11.3 Å². The monoisotopic (exact) mass is 681 g/mol. The Morgan fingerprint density at radius 2 is 0.962 bits per heavy atom. The van der Waals surface area contributed by atoms with Crippen LogP contribution in [0.4, 0.5) is 17.1 Å². The molecule has 10 aromatic rings. The highest BCUT2D eigenvalue weighted by Crippen LogP contribution is 2.39. The van der Waals surface area contributed by atoms with Crippen LogP contribution in [-0.2, 0) is 0 Å². The van der Waals surface area contributed by atoms with E-state index < -0.39 is 0 Å². The van der Waals surface area contributed by atoms with Crippen LogP contribution in [0.15, 0.2) is 179 Å². The first-order valence-corrected chi connectivity index (χ1v) is 17.3. The standard InChI is InChI=1S/C47H28N4O2/c48-29-30-9-10-34-26-35(12-11-33(34)25-30)36-13-14-38-28-41(24-19-37(38)27-36)51(39-20-15-31(16-21-39)46-49-42-5-1-3-7-44(42)52-46)40-22-17-32(18-23-40)47-50-43-6-2-4-8-45(43)53-47/h1-28H/i27D. The van der Waals surface area contributed by atoms with Gasteiger partial charge < -0.3 is 13.7 Å². The Kier molecular flexibility index (Phi) is 6.83. The van der Waals surface area contributed by atoms with E-state index in [1.54, 1.807) is 0 Å². The number of benzene rings is 8. The van der Waals surface area contributed by atoms with E-state index in [1.165, 1.54) is 0 Å². The summed E-state index contributed by atoms with van der Waals surface area (Å²) < 4.78 is 21.4. The Hall–Kier alpha value is -7.49. The minimum Gasteiger partial charge on any atom is -0.436 e. The maximum atomic E-state index is 9.31. The third-order valence-electron chi connectivity index (χ3n) is 9.61. The first kappa shape index (κ1) is 29.3. The molecule has 2 heterocycles. The van der Waals surface area contributed by atoms with E-state index in [9.17, 15) is 6.63 Å². The average molecular weight is 682 g/mol. The third-order valence-corrected chi connectivity index (χ3v) is 9.61. The highest BCUT2D eigenvalue weighted by Gasteiger charge is 2.17. The van der Waals surface area contributed by atoms with Gasteiger partial charge in [0.15, 0.2) is 11.2 Å². The number of nitrogens with zero attached hydrogens (tertiary/aromatic N) is 4. The fourth-order valence-electron chi connectivity index (χ4n) is 6.90. The van der Waals surface area contributed by atoms with Crippen molar-refractivity contribution in [3.63, 3.8) is 0 Å². The Morgan fingerprint density at radius 3 is 1.57 bits per heavy atom. The van der Waals surface area contributed by atoms with Crippen LogP contribution < -0.4 is 4.90 Å². The summed E-state index contributed by atoms with van der Waals surface area (Å²) in [5, 5.41) is 13.2. The number of aromatic nitrogens is 2. The first-order valence-electron chi connectivity index (χ1n) is 17.8. The van der Waals surface area contributed by atoms with Crippen LogP contribution in [-0.4, -0.2) is 9.97 Å². The molecule has 0 saturated heterocycles. The van der Waals surface area contributed by atoms with Crippen LogP contribution in [0.5, 0.6) is 0 Å². The van der Waals surface area contributed by atoms with Gasteiger partial charge in [-0.15, -0.1) is 0 Å². The van der Waals surface area contributed by atoms with Crippen molar-refractivity contribution in [2.24, 2.45) is 0 Å². The molecule has 0 fully saturated rings. The number of rotatable bonds is 6. The molecule has 0 aliphatic heterocycles. The predicted octanol–water partition coefficient (Wildman–Crippen LogP) is 12.6. The van der Waals surface area contributed by atoms with Crippen LogP contribution >= 0.6 is 0 Å². The highest BCUT2D eigenvalue weighted by molar-refractivity contribution is 5.94. The number of anilines is 3. The van der Waals surface area contributed by atoms with Gasteiger partial charge in [0.2, 0.25) is 11.8 Å². The Morgan fingerprint density at radius 1 is 0.472 bits per heavy atom. The molecular formula is C47H28N4O2. The summed E-state index contributed by atoms with van der Waals surface area (Å²) in [5.41, 5.74) is 10.2. The first-order chi connectivity index (χ1) is 26.6. The quantitative estimate of drug-likeness (QED) is 0.174. The fourth-order valence-corrected chi connectivity index (χ4v) is 6.90. The van der Waals surface area contributed by atoms with E-state index in [4.69, 9.17) is 18.8 Å². The van der Waals surface area contributed by atoms with Crippen molar-refractivity contribution in [3.8, 4) is 40.1 Å². The molecular weight excluding hydrogens is 653 g/mol. The van der Waals surface area contributed by atoms with Crippen molar-refractivity contribution in [2.45, 2.75) is 0 Å². The zero-order chi connectivity index (χ0) is 36.2. The average Bonchev–Trinajstić information content (AvgIpc) is 3.87. The van der Waals surface area contributed by atoms with Crippen molar-refractivity contribution < 1.29 is 10.2 Å². The molecule has 0 unspecified atom stereocenters. The second-order valence-electron chi connectivity index (χ2n) is 12.9. The summed E-state index contributed by atoms with van der Waals surface area (Å²) in [7, 11) is 0. The molecule has 53 heavy (non-hydrogen) atoms. The van der Waals surface area contributed by atoms with Crippen molar-refractivity contribution >= 4 is 60.8 Å². The van der Waals surface area contributed by atoms with Gasteiger partial charge in [0.25, 0.3) is 0 Å². The normalized spacial score (nSPS) is 11.6. The molecule has 2 aromatic heterocycles. The molecule has 0 amide bonds. The zero-order valence-corrected chi connectivity index (χ0v) is 28.2. The van der Waals surface area contributed by atoms with E-state index in [-0.39, 0.29) is 0 Å². The van der Waals surface area contributed by atoms with E-state index in [2.05, 4.69) is 59.5 Å². The van der Waals surface area contributed by atoms with E-state index in [1.807, 2.05) is 115 Å². The Labute approximate surface area is 305 Å². The van der Waals surface area contributed by atoms with Crippen molar-refractivity contribution in [1.82, 2.24) is 9.97 Å². The summed E-state index contributed by atoms with van der Waals surface area (Å²) in [6, 6.07) is 56.7. The largest absolute Gasteiger partial charge is 0.436 e. The number of para-hydroxylation sites is 4. The third kappa shape index (κ3) is 5.54. The van der Waals surface area contributed by atoms with Crippen LogP contribution in [0.25, 0.3) is 77.8 Å². The van der Waals surface area contributed by atoms with Crippen LogP contribution in [0.3, 0.4) is 0 Å². The number of hydrogen-bond acceptors (Lipinski definition) is 6. The molecule has 0 saturated carbocycles. The lowest BCUT2D eigenvalue weighted by Crippen LogP contribution is -2.09. The molecule has 248 valence electrons. The number of oxazole rings is 2. The molecule has 0 aliphatic carbocycles. The Bertz CT molecular complexity index is 2900. The fraction of sp³-hybridized carbons (Fsp3) is 0. The molecule has 0 spiro atoms. The molecule has 6 heteroatoms. The summed E-state index contributed by atoms with van der Waals surface area (Å²) in [6.07, 6.45) is 0. The zero-order valence-electron chi connectivity index (χ0n) is 29.2. The van der Waals surface area contributed by atoms with Gasteiger partial charge in [0, 0.05) is 28.2 Å². The lowest BCUT2D eigenvalue weighted by atomic mass is 9.97. The van der Waals surface area contributed by atoms with Gasteiger partial charge in [-0.25, -0.2) is 9.97 Å². The van der Waals surface area contributed by atoms with Gasteiger partial charge in [-0.2, -0.15) is 5.26 Å². The number of hydrogen-bond donors (Lipinski definition) is 0. The molecule has 0 aliphatic rings. The Balaban J connectivity index is 1.04. The lowest BCUT2D eigenvalue weighted by Gasteiger charge is -2.26. The van der Waals surface area contributed by atoms with Gasteiger partial charge in [-0.1, -0.05) is 60.7 Å². The van der Waals surface area contributed by atoms with E-state index in [0.29, 0.717) is 23.4 Å². The minimum absolute atomic E-state index is 0.462. The molecule has 10 rings (SSSR count). The van der Waals surface area contributed by atoms with Crippen LogP contribution in [0.2, 0.25) is 0 Å². The molecule has 6 nitrogen and oxygen atoms in total. The van der Waals surface area contributed by atoms with Gasteiger partial charge in [0.1, 0.15) is 11.0 Å². The van der Waals surface area contributed by atoms with Gasteiger partial charge in [-0.3, -0.25) is 0 Å². The molecule has 0 N–H and O–H groups in total. The van der Waals surface area contributed by atoms with Gasteiger partial charge >= 0.3 is 0 Å². The van der Waals surface area contributed by atoms with Crippen molar-refractivity contribution in [2.75, 3.05) is 4.90 Å². The smallest absolute Gasteiger partial charge is 0.227 e. The summed E-state index contributed by atoms with van der Waals surface area (Å²) in [5.74, 6) is 1.14. The molecule has 0 atom stereocenters. The van der Waals surface area contributed by atoms with Gasteiger partial charge in [0.05, 0.1) is 13.0 Å². The van der Waals surface area contributed by atoms with E-state index in [0.717, 1.165) is 83.1 Å². The second-order valence-corrected chi connectivity index (χ2v) is 12.9. The van der Waals surface area contributed by atoms with E-state index >= 15 is 0 Å². The van der Waals surface area contributed by atoms with Gasteiger partial charge in [-0.05, 0) is 142 Å². The van der Waals surface area contributed by atoms with Crippen molar-refractivity contribution in [1.29, 1.82) is 5.26 Å². The summed E-state index contributed by atoms with van der Waals surface area (Å²) in [4.78, 5) is 11.6. The van der Waals surface area contributed by atoms with Crippen LogP contribution in [0.1, 0.15) is 6.93 Å². The molecule has 0 bridgehead atoms. The summed E-state index contributed by atoms with van der Waals surface area (Å²) in [6.45, 7) is 0. The SMILES string of the molecule is [2H]c1c(-c2ccc3cc(C#N)ccc3c2)ccc2cc(N(c3ccc(-c4nc5ccccc5o4)cc3)c3ccc(-c4nc5ccccc5o4)cc3)ccc12.